The highest BCUT2D eigenvalue weighted by Crippen LogP contribution is 2.24. The van der Waals surface area contributed by atoms with Gasteiger partial charge in [0.15, 0.2) is 0 Å². The first kappa shape index (κ1) is 11.3. The summed E-state index contributed by atoms with van der Waals surface area (Å²) in [5, 5.41) is 5.21. The van der Waals surface area contributed by atoms with Gasteiger partial charge in [-0.15, -0.1) is 11.3 Å². The molecule has 6 heteroatoms. The van der Waals surface area contributed by atoms with E-state index in [4.69, 9.17) is 0 Å². The molecule has 84 valence electrons. The van der Waals surface area contributed by atoms with Crippen molar-refractivity contribution in [3.05, 3.63) is 43.5 Å². The van der Waals surface area contributed by atoms with Crippen LogP contribution < -0.4 is 10.9 Å². The monoisotopic (exact) mass is 299 g/mol. The van der Waals surface area contributed by atoms with Crippen molar-refractivity contribution in [3.63, 3.8) is 0 Å². The lowest BCUT2D eigenvalue weighted by Crippen LogP contribution is -2.14. The number of anilines is 1. The summed E-state index contributed by atoms with van der Waals surface area (Å²) in [6, 6.07) is 4.17. The van der Waals surface area contributed by atoms with Crippen LogP contribution in [0.4, 0.5) is 5.82 Å². The molecule has 4 nitrogen and oxygen atoms in total. The van der Waals surface area contributed by atoms with Crippen LogP contribution in [0.25, 0.3) is 0 Å². The topological polar surface area (TPSA) is 57.8 Å². The first-order valence-corrected chi connectivity index (χ1v) is 6.39. The van der Waals surface area contributed by atoms with Gasteiger partial charge in [-0.3, -0.25) is 4.79 Å². The second kappa shape index (κ2) is 4.80. The maximum Gasteiger partial charge on any atom is 0.267 e. The lowest BCUT2D eigenvalue weighted by Gasteiger charge is -2.13. The summed E-state index contributed by atoms with van der Waals surface area (Å²) in [6.07, 6.45) is 1.39. The second-order valence-corrected chi connectivity index (χ2v) is 5.05. The number of nitrogens with one attached hydrogen (secondary N) is 2. The molecule has 0 amide bonds. The zero-order chi connectivity index (χ0) is 11.5. The quantitative estimate of drug-likeness (QED) is 0.916. The maximum absolute atomic E-state index is 11.3. The predicted molar refractivity (Wildman–Crippen MR) is 68.9 cm³/mol. The third-order valence-electron chi connectivity index (χ3n) is 2.12. The Kier molecular flexibility index (Phi) is 3.40. The smallest absolute Gasteiger partial charge is 0.267 e. The van der Waals surface area contributed by atoms with E-state index in [0.29, 0.717) is 10.3 Å². The molecule has 0 saturated heterocycles. The lowest BCUT2D eigenvalue weighted by molar-refractivity contribution is 0.887. The van der Waals surface area contributed by atoms with Gasteiger partial charge in [-0.25, -0.2) is 4.98 Å². The molecule has 0 aliphatic heterocycles. The Bertz CT molecular complexity index is 523. The standard InChI is InChI=1S/C10H10BrN3OS/c1-6(7-3-2-4-16-7)14-9-8(11)10(15)13-5-12-9/h2-6H,1H3,(H2,12,13,14,15). The van der Waals surface area contributed by atoms with Crippen LogP contribution >= 0.6 is 27.3 Å². The molecular formula is C10H10BrN3OS. The molecule has 1 unspecified atom stereocenters. The average molecular weight is 300 g/mol. The molecule has 0 fully saturated rings. The number of nitrogens with zero attached hydrogens (tertiary/aromatic N) is 1. The van der Waals surface area contributed by atoms with Crippen LogP contribution in [-0.2, 0) is 0 Å². The van der Waals surface area contributed by atoms with E-state index in [0.717, 1.165) is 0 Å². The molecule has 16 heavy (non-hydrogen) atoms. The van der Waals surface area contributed by atoms with Crippen LogP contribution in [0.5, 0.6) is 0 Å². The molecule has 1 atom stereocenters. The van der Waals surface area contributed by atoms with Crippen LogP contribution in [0.1, 0.15) is 17.8 Å². The molecule has 0 aromatic carbocycles. The van der Waals surface area contributed by atoms with E-state index in [9.17, 15) is 4.79 Å². The van der Waals surface area contributed by atoms with E-state index in [2.05, 4.69) is 31.2 Å². The minimum atomic E-state index is -0.184. The molecule has 2 aromatic rings. The van der Waals surface area contributed by atoms with Crippen molar-refractivity contribution in [2.24, 2.45) is 0 Å². The van der Waals surface area contributed by atoms with Gasteiger partial charge in [-0.2, -0.15) is 0 Å². The fourth-order valence-electron chi connectivity index (χ4n) is 1.30. The average Bonchev–Trinajstić information content (AvgIpc) is 2.78. The highest BCUT2D eigenvalue weighted by Gasteiger charge is 2.10. The molecule has 0 saturated carbocycles. The summed E-state index contributed by atoms with van der Waals surface area (Å²) in [7, 11) is 0. The van der Waals surface area contributed by atoms with E-state index in [1.165, 1.54) is 11.2 Å². The molecule has 2 heterocycles. The summed E-state index contributed by atoms with van der Waals surface area (Å²) >= 11 is 4.88. The number of aromatic nitrogens is 2. The van der Waals surface area contributed by atoms with Crippen molar-refractivity contribution in [1.82, 2.24) is 9.97 Å². The van der Waals surface area contributed by atoms with Crippen LogP contribution in [0.2, 0.25) is 0 Å². The molecule has 0 spiro atoms. The summed E-state index contributed by atoms with van der Waals surface area (Å²) in [6.45, 7) is 2.03. The van der Waals surface area contributed by atoms with Crippen molar-refractivity contribution in [3.8, 4) is 0 Å². The molecule has 2 N–H and O–H groups in total. The van der Waals surface area contributed by atoms with Gasteiger partial charge in [-0.1, -0.05) is 6.07 Å². The normalized spacial score (nSPS) is 12.4. The zero-order valence-corrected chi connectivity index (χ0v) is 10.9. The molecule has 0 aliphatic carbocycles. The first-order chi connectivity index (χ1) is 7.68. The van der Waals surface area contributed by atoms with Gasteiger partial charge in [0.05, 0.1) is 12.4 Å². The van der Waals surface area contributed by atoms with Crippen LogP contribution in [0.3, 0.4) is 0 Å². The maximum atomic E-state index is 11.3. The van der Waals surface area contributed by atoms with Crippen molar-refractivity contribution in [2.45, 2.75) is 13.0 Å². The van der Waals surface area contributed by atoms with Crippen molar-refractivity contribution >= 4 is 33.1 Å². The van der Waals surface area contributed by atoms with Gasteiger partial charge in [-0.05, 0) is 34.3 Å². The Morgan fingerprint density at radius 3 is 3.12 bits per heavy atom. The summed E-state index contributed by atoms with van der Waals surface area (Å²) in [5.41, 5.74) is -0.184. The Balaban J connectivity index is 2.21. The van der Waals surface area contributed by atoms with Gasteiger partial charge >= 0.3 is 0 Å². The number of rotatable bonds is 3. The Hall–Kier alpha value is -1.14. The molecule has 2 rings (SSSR count). The molecule has 0 aliphatic rings. The van der Waals surface area contributed by atoms with Crippen molar-refractivity contribution in [1.29, 1.82) is 0 Å². The minimum Gasteiger partial charge on any atom is -0.362 e. The van der Waals surface area contributed by atoms with E-state index in [-0.39, 0.29) is 11.6 Å². The summed E-state index contributed by atoms with van der Waals surface area (Å²) < 4.78 is 0.429. The number of halogens is 1. The fraction of sp³-hybridized carbons (Fsp3) is 0.200. The molecule has 0 radical (unpaired) electrons. The molecular weight excluding hydrogens is 290 g/mol. The highest BCUT2D eigenvalue weighted by atomic mass is 79.9. The van der Waals surface area contributed by atoms with E-state index in [1.807, 2.05) is 24.4 Å². The Labute approximate surface area is 105 Å². The molecule has 0 bridgehead atoms. The molecule has 2 aromatic heterocycles. The number of hydrogen-bond donors (Lipinski definition) is 2. The van der Waals surface area contributed by atoms with Crippen LogP contribution in [0.15, 0.2) is 33.1 Å². The third-order valence-corrected chi connectivity index (χ3v) is 3.91. The number of H-pyrrole nitrogens is 1. The Morgan fingerprint density at radius 1 is 1.62 bits per heavy atom. The summed E-state index contributed by atoms with van der Waals surface area (Å²) in [5.74, 6) is 0.560. The Morgan fingerprint density at radius 2 is 2.44 bits per heavy atom. The number of aromatic amines is 1. The van der Waals surface area contributed by atoms with Crippen LogP contribution in [0, 0.1) is 0 Å². The highest BCUT2D eigenvalue weighted by molar-refractivity contribution is 9.10. The minimum absolute atomic E-state index is 0.130. The number of thiophene rings is 1. The SMILES string of the molecule is CC(Nc1nc[nH]c(=O)c1Br)c1cccs1. The van der Waals surface area contributed by atoms with Crippen LogP contribution in [-0.4, -0.2) is 9.97 Å². The largest absolute Gasteiger partial charge is 0.362 e. The zero-order valence-electron chi connectivity index (χ0n) is 8.53. The van der Waals surface area contributed by atoms with Crippen molar-refractivity contribution in [2.75, 3.05) is 5.32 Å². The van der Waals surface area contributed by atoms with E-state index >= 15 is 0 Å². The second-order valence-electron chi connectivity index (χ2n) is 3.28. The third kappa shape index (κ3) is 2.33. The van der Waals surface area contributed by atoms with E-state index in [1.54, 1.807) is 11.3 Å². The van der Waals surface area contributed by atoms with Gasteiger partial charge in [0.2, 0.25) is 0 Å². The van der Waals surface area contributed by atoms with Gasteiger partial charge in [0.1, 0.15) is 10.3 Å². The first-order valence-electron chi connectivity index (χ1n) is 4.71. The summed E-state index contributed by atoms with van der Waals surface area (Å²) in [4.78, 5) is 19.1. The van der Waals surface area contributed by atoms with E-state index < -0.39 is 0 Å². The van der Waals surface area contributed by atoms with Gasteiger partial charge < -0.3 is 10.3 Å². The van der Waals surface area contributed by atoms with Crippen molar-refractivity contribution < 1.29 is 0 Å². The van der Waals surface area contributed by atoms with Gasteiger partial charge in [0.25, 0.3) is 5.56 Å². The predicted octanol–water partition coefficient (Wildman–Crippen LogP) is 2.77. The van der Waals surface area contributed by atoms with Gasteiger partial charge in [0, 0.05) is 4.88 Å². The lowest BCUT2D eigenvalue weighted by atomic mass is 10.3. The fourth-order valence-corrected chi connectivity index (χ4v) is 2.36. The number of hydrogen-bond acceptors (Lipinski definition) is 4.